The molecule has 0 radical (unpaired) electrons. The smallest absolute Gasteiger partial charge is 0.262 e. The van der Waals surface area contributed by atoms with Crippen LogP contribution in [0.4, 0.5) is 11.4 Å². The largest absolute Gasteiger partial charge is 0.481 e. The SMILES string of the molecule is Cc1cc(C)c(OCC(=O)Nc2cccc(Cl)c2)c(N)c1. The molecule has 0 bridgehead atoms. The number of rotatable bonds is 4. The number of amides is 1. The number of anilines is 2. The molecule has 0 unspecified atom stereocenters. The van der Waals surface area contributed by atoms with Crippen LogP contribution in [-0.2, 0) is 4.79 Å². The molecule has 0 heterocycles. The van der Waals surface area contributed by atoms with Gasteiger partial charge in [0.2, 0.25) is 0 Å². The second-order valence-electron chi connectivity index (χ2n) is 4.85. The number of hydrogen-bond acceptors (Lipinski definition) is 3. The minimum atomic E-state index is -0.267. The molecular weight excluding hydrogens is 288 g/mol. The normalized spacial score (nSPS) is 10.2. The molecule has 2 rings (SSSR count). The highest BCUT2D eigenvalue weighted by Crippen LogP contribution is 2.27. The van der Waals surface area contributed by atoms with Gasteiger partial charge in [0, 0.05) is 10.7 Å². The van der Waals surface area contributed by atoms with Crippen LogP contribution in [0.3, 0.4) is 0 Å². The van der Waals surface area contributed by atoms with Crippen molar-refractivity contribution in [3.05, 3.63) is 52.5 Å². The molecule has 0 saturated carbocycles. The second-order valence-corrected chi connectivity index (χ2v) is 5.28. The maximum absolute atomic E-state index is 11.9. The fourth-order valence-electron chi connectivity index (χ4n) is 2.09. The molecule has 3 N–H and O–H groups in total. The monoisotopic (exact) mass is 304 g/mol. The van der Waals surface area contributed by atoms with Gasteiger partial charge in [0.05, 0.1) is 5.69 Å². The summed E-state index contributed by atoms with van der Waals surface area (Å²) in [6, 6.07) is 10.7. The van der Waals surface area contributed by atoms with Crippen LogP contribution in [0.2, 0.25) is 5.02 Å². The lowest BCUT2D eigenvalue weighted by Gasteiger charge is -2.13. The predicted molar refractivity (Wildman–Crippen MR) is 85.9 cm³/mol. The molecule has 5 heteroatoms. The summed E-state index contributed by atoms with van der Waals surface area (Å²) in [5.41, 5.74) is 9.03. The molecule has 2 aromatic rings. The van der Waals surface area contributed by atoms with Gasteiger partial charge in [-0.1, -0.05) is 23.7 Å². The maximum Gasteiger partial charge on any atom is 0.262 e. The Balaban J connectivity index is 1.99. The van der Waals surface area contributed by atoms with Crippen molar-refractivity contribution in [3.8, 4) is 5.75 Å². The first-order valence-electron chi connectivity index (χ1n) is 6.50. The highest BCUT2D eigenvalue weighted by Gasteiger charge is 2.09. The Morgan fingerprint density at radius 3 is 2.71 bits per heavy atom. The number of halogens is 1. The van der Waals surface area contributed by atoms with Crippen molar-refractivity contribution in [3.63, 3.8) is 0 Å². The lowest BCUT2D eigenvalue weighted by Crippen LogP contribution is -2.20. The third-order valence-corrected chi connectivity index (χ3v) is 3.14. The number of carbonyl (C=O) groups is 1. The summed E-state index contributed by atoms with van der Waals surface area (Å²) in [5.74, 6) is 0.276. The van der Waals surface area contributed by atoms with E-state index in [1.807, 2.05) is 26.0 Å². The van der Waals surface area contributed by atoms with Crippen LogP contribution >= 0.6 is 11.6 Å². The van der Waals surface area contributed by atoms with Crippen LogP contribution in [0.25, 0.3) is 0 Å². The Hall–Kier alpha value is -2.20. The number of nitrogens with two attached hydrogens (primary N) is 1. The van der Waals surface area contributed by atoms with Crippen LogP contribution in [-0.4, -0.2) is 12.5 Å². The standard InChI is InChI=1S/C16H17ClN2O2/c1-10-6-11(2)16(14(18)7-10)21-9-15(20)19-13-5-3-4-12(17)8-13/h3-8H,9,18H2,1-2H3,(H,19,20). The number of carbonyl (C=O) groups excluding carboxylic acids is 1. The summed E-state index contributed by atoms with van der Waals surface area (Å²) >= 11 is 5.86. The molecule has 0 aromatic heterocycles. The molecule has 0 aliphatic carbocycles. The lowest BCUT2D eigenvalue weighted by molar-refractivity contribution is -0.118. The molecule has 0 atom stereocenters. The molecule has 0 saturated heterocycles. The first-order chi connectivity index (χ1) is 9.95. The van der Waals surface area contributed by atoms with Gasteiger partial charge in [-0.05, 0) is 49.2 Å². The molecule has 2 aromatic carbocycles. The van der Waals surface area contributed by atoms with Crippen molar-refractivity contribution in [1.29, 1.82) is 0 Å². The van der Waals surface area contributed by atoms with E-state index in [9.17, 15) is 4.79 Å². The zero-order valence-corrected chi connectivity index (χ0v) is 12.7. The van der Waals surface area contributed by atoms with Crippen molar-refractivity contribution < 1.29 is 9.53 Å². The molecule has 4 nitrogen and oxygen atoms in total. The van der Waals surface area contributed by atoms with Gasteiger partial charge in [-0.2, -0.15) is 0 Å². The third-order valence-electron chi connectivity index (χ3n) is 2.90. The average molecular weight is 305 g/mol. The van der Waals surface area contributed by atoms with Gasteiger partial charge in [0.25, 0.3) is 5.91 Å². The van der Waals surface area contributed by atoms with E-state index in [1.165, 1.54) is 0 Å². The number of benzene rings is 2. The van der Waals surface area contributed by atoms with E-state index >= 15 is 0 Å². The predicted octanol–water partition coefficient (Wildman–Crippen LogP) is 3.56. The van der Waals surface area contributed by atoms with Crippen LogP contribution in [0.15, 0.2) is 36.4 Å². The minimum absolute atomic E-state index is 0.111. The van der Waals surface area contributed by atoms with Gasteiger partial charge in [-0.25, -0.2) is 0 Å². The van der Waals surface area contributed by atoms with E-state index in [2.05, 4.69) is 5.32 Å². The van der Waals surface area contributed by atoms with Crippen LogP contribution < -0.4 is 15.8 Å². The summed E-state index contributed by atoms with van der Waals surface area (Å²) in [6.45, 7) is 3.74. The van der Waals surface area contributed by atoms with Crippen molar-refractivity contribution >= 4 is 28.9 Å². The van der Waals surface area contributed by atoms with Crippen molar-refractivity contribution in [2.75, 3.05) is 17.7 Å². The minimum Gasteiger partial charge on any atom is -0.481 e. The number of nitrogens with one attached hydrogen (secondary N) is 1. The second kappa shape index (κ2) is 6.50. The van der Waals surface area contributed by atoms with Crippen molar-refractivity contribution in [2.45, 2.75) is 13.8 Å². The quantitative estimate of drug-likeness (QED) is 0.849. The number of hydrogen-bond donors (Lipinski definition) is 2. The Morgan fingerprint density at radius 1 is 1.29 bits per heavy atom. The summed E-state index contributed by atoms with van der Waals surface area (Å²) in [5, 5.41) is 3.28. The van der Waals surface area contributed by atoms with Crippen LogP contribution in [0.1, 0.15) is 11.1 Å². The molecule has 0 aliphatic heterocycles. The van der Waals surface area contributed by atoms with Crippen LogP contribution in [0, 0.1) is 13.8 Å². The molecule has 21 heavy (non-hydrogen) atoms. The lowest BCUT2D eigenvalue weighted by atomic mass is 10.1. The molecular formula is C16H17ClN2O2. The molecule has 1 amide bonds. The zero-order chi connectivity index (χ0) is 15.4. The van der Waals surface area contributed by atoms with E-state index in [0.29, 0.717) is 22.1 Å². The van der Waals surface area contributed by atoms with Crippen molar-refractivity contribution in [2.24, 2.45) is 0 Å². The average Bonchev–Trinajstić information content (AvgIpc) is 2.37. The van der Waals surface area contributed by atoms with E-state index in [1.54, 1.807) is 24.3 Å². The fourth-order valence-corrected chi connectivity index (χ4v) is 2.28. The highest BCUT2D eigenvalue weighted by molar-refractivity contribution is 6.30. The number of nitrogen functional groups attached to an aromatic ring is 1. The summed E-state index contributed by atoms with van der Waals surface area (Å²) in [4.78, 5) is 11.9. The van der Waals surface area contributed by atoms with Gasteiger partial charge in [-0.3, -0.25) is 4.79 Å². The van der Waals surface area contributed by atoms with E-state index in [4.69, 9.17) is 22.1 Å². The summed E-state index contributed by atoms with van der Waals surface area (Å²) in [7, 11) is 0. The van der Waals surface area contributed by atoms with Gasteiger partial charge >= 0.3 is 0 Å². The molecule has 0 aliphatic rings. The topological polar surface area (TPSA) is 64.3 Å². The Bertz CT molecular complexity index is 648. The molecule has 0 fully saturated rings. The van der Waals surface area contributed by atoms with Gasteiger partial charge in [0.1, 0.15) is 5.75 Å². The first-order valence-corrected chi connectivity index (χ1v) is 6.88. The Kier molecular flexibility index (Phi) is 4.70. The first kappa shape index (κ1) is 15.2. The maximum atomic E-state index is 11.9. The van der Waals surface area contributed by atoms with E-state index in [0.717, 1.165) is 11.1 Å². The van der Waals surface area contributed by atoms with E-state index in [-0.39, 0.29) is 12.5 Å². The van der Waals surface area contributed by atoms with E-state index < -0.39 is 0 Å². The molecule has 110 valence electrons. The van der Waals surface area contributed by atoms with Crippen LogP contribution in [0.5, 0.6) is 5.75 Å². The van der Waals surface area contributed by atoms with Crippen molar-refractivity contribution in [1.82, 2.24) is 0 Å². The van der Waals surface area contributed by atoms with Gasteiger partial charge in [0.15, 0.2) is 6.61 Å². The number of aryl methyl sites for hydroxylation is 2. The Morgan fingerprint density at radius 2 is 2.05 bits per heavy atom. The van der Waals surface area contributed by atoms with Gasteiger partial charge in [-0.15, -0.1) is 0 Å². The number of ether oxygens (including phenoxy) is 1. The zero-order valence-electron chi connectivity index (χ0n) is 11.9. The van der Waals surface area contributed by atoms with Gasteiger partial charge < -0.3 is 15.8 Å². The highest BCUT2D eigenvalue weighted by atomic mass is 35.5. The fraction of sp³-hybridized carbons (Fsp3) is 0.188. The third kappa shape index (κ3) is 4.13. The summed E-state index contributed by atoms with van der Waals surface area (Å²) < 4.78 is 5.52. The molecule has 0 spiro atoms. The Labute approximate surface area is 128 Å². The summed E-state index contributed by atoms with van der Waals surface area (Å²) in [6.07, 6.45) is 0.